The number of carboxylic acids is 1. The number of benzene rings is 1. The first kappa shape index (κ1) is 17.9. The van der Waals surface area contributed by atoms with Gasteiger partial charge < -0.3 is 5.11 Å². The first-order valence-electron chi connectivity index (χ1n) is 6.82. The first-order valence-corrected chi connectivity index (χ1v) is 8.68. The van der Waals surface area contributed by atoms with Gasteiger partial charge in [-0.1, -0.05) is 24.9 Å². The summed E-state index contributed by atoms with van der Waals surface area (Å²) in [5.41, 5.74) is 0. The van der Waals surface area contributed by atoms with E-state index in [4.69, 9.17) is 16.7 Å². The number of hydrogen-bond acceptors (Lipinski definition) is 3. The molecule has 1 unspecified atom stereocenters. The lowest BCUT2D eigenvalue weighted by atomic mass is 9.97. The molecule has 118 valence electrons. The van der Waals surface area contributed by atoms with E-state index in [1.807, 2.05) is 6.92 Å². The third kappa shape index (κ3) is 6.46. The fourth-order valence-corrected chi connectivity index (χ4v) is 3.15. The van der Waals surface area contributed by atoms with Gasteiger partial charge in [0, 0.05) is 18.0 Å². The molecule has 1 atom stereocenters. The molecule has 2 N–H and O–H groups in total. The van der Waals surface area contributed by atoms with Crippen LogP contribution in [0.1, 0.15) is 32.6 Å². The second kappa shape index (κ2) is 8.36. The van der Waals surface area contributed by atoms with E-state index in [2.05, 4.69) is 4.72 Å². The summed E-state index contributed by atoms with van der Waals surface area (Å²) in [5, 5.41) is 9.14. The zero-order valence-corrected chi connectivity index (χ0v) is 13.5. The van der Waals surface area contributed by atoms with E-state index in [0.29, 0.717) is 24.4 Å². The Hall–Kier alpha value is -1.11. The van der Waals surface area contributed by atoms with Gasteiger partial charge in [0.15, 0.2) is 0 Å². The molecule has 0 saturated heterocycles. The minimum atomic E-state index is -3.54. The summed E-state index contributed by atoms with van der Waals surface area (Å²) in [5.74, 6) is -0.621. The maximum atomic E-state index is 12.0. The molecule has 5 nitrogen and oxygen atoms in total. The van der Waals surface area contributed by atoms with E-state index in [-0.39, 0.29) is 17.2 Å². The molecule has 0 saturated carbocycles. The number of aliphatic carboxylic acids is 1. The van der Waals surface area contributed by atoms with Crippen LogP contribution in [0.2, 0.25) is 5.02 Å². The van der Waals surface area contributed by atoms with Crippen molar-refractivity contribution in [3.8, 4) is 0 Å². The molecule has 1 aromatic rings. The zero-order chi connectivity index (χ0) is 15.9. The van der Waals surface area contributed by atoms with Gasteiger partial charge in [-0.25, -0.2) is 13.1 Å². The minimum Gasteiger partial charge on any atom is -0.481 e. The standard InChI is InChI=1S/C14H20ClNO4S/c1-2-11(3-8-14(17)18)9-10-16-21(19,20)13-6-4-12(15)5-7-13/h4-7,11,16H,2-3,8-10H2,1H3,(H,17,18). The summed E-state index contributed by atoms with van der Waals surface area (Å²) in [4.78, 5) is 10.7. The maximum Gasteiger partial charge on any atom is 0.303 e. The van der Waals surface area contributed by atoms with Gasteiger partial charge in [-0.2, -0.15) is 0 Å². The van der Waals surface area contributed by atoms with Crippen LogP contribution in [-0.4, -0.2) is 26.0 Å². The fourth-order valence-electron chi connectivity index (χ4n) is 1.97. The molecule has 1 aromatic carbocycles. The van der Waals surface area contributed by atoms with Gasteiger partial charge in [0.05, 0.1) is 4.90 Å². The highest BCUT2D eigenvalue weighted by molar-refractivity contribution is 7.89. The van der Waals surface area contributed by atoms with E-state index in [9.17, 15) is 13.2 Å². The predicted molar refractivity (Wildman–Crippen MR) is 81.9 cm³/mol. The Morgan fingerprint density at radius 1 is 1.29 bits per heavy atom. The predicted octanol–water partition coefficient (Wildman–Crippen LogP) is 2.90. The van der Waals surface area contributed by atoms with Crippen molar-refractivity contribution in [2.24, 2.45) is 5.92 Å². The Kier molecular flexibility index (Phi) is 7.14. The number of carbonyl (C=O) groups is 1. The molecular weight excluding hydrogens is 314 g/mol. The quantitative estimate of drug-likeness (QED) is 0.727. The van der Waals surface area contributed by atoms with E-state index < -0.39 is 16.0 Å². The largest absolute Gasteiger partial charge is 0.481 e. The van der Waals surface area contributed by atoms with Gasteiger partial charge in [-0.3, -0.25) is 4.79 Å². The average molecular weight is 334 g/mol. The molecule has 0 heterocycles. The van der Waals surface area contributed by atoms with Gasteiger partial charge >= 0.3 is 5.97 Å². The van der Waals surface area contributed by atoms with E-state index in [1.165, 1.54) is 24.3 Å². The molecular formula is C14H20ClNO4S. The van der Waals surface area contributed by atoms with Gasteiger partial charge in [-0.15, -0.1) is 0 Å². The van der Waals surface area contributed by atoms with Crippen molar-refractivity contribution in [3.05, 3.63) is 29.3 Å². The lowest BCUT2D eigenvalue weighted by Crippen LogP contribution is -2.26. The van der Waals surface area contributed by atoms with E-state index >= 15 is 0 Å². The highest BCUT2D eigenvalue weighted by Crippen LogP contribution is 2.16. The molecule has 0 aliphatic heterocycles. The monoisotopic (exact) mass is 333 g/mol. The highest BCUT2D eigenvalue weighted by Gasteiger charge is 2.15. The topological polar surface area (TPSA) is 83.5 Å². The van der Waals surface area contributed by atoms with Crippen molar-refractivity contribution in [2.45, 2.75) is 37.5 Å². The Morgan fingerprint density at radius 2 is 1.90 bits per heavy atom. The van der Waals surface area contributed by atoms with Crippen LogP contribution in [0, 0.1) is 5.92 Å². The van der Waals surface area contributed by atoms with Crippen molar-refractivity contribution in [1.29, 1.82) is 0 Å². The lowest BCUT2D eigenvalue weighted by molar-refractivity contribution is -0.137. The number of hydrogen-bond donors (Lipinski definition) is 2. The lowest BCUT2D eigenvalue weighted by Gasteiger charge is -2.14. The maximum absolute atomic E-state index is 12.0. The van der Waals surface area contributed by atoms with Gasteiger partial charge in [0.2, 0.25) is 10.0 Å². The van der Waals surface area contributed by atoms with Crippen LogP contribution in [0.4, 0.5) is 0 Å². The number of rotatable bonds is 9. The van der Waals surface area contributed by atoms with Crippen LogP contribution in [-0.2, 0) is 14.8 Å². The summed E-state index contributed by atoms with van der Waals surface area (Å²) in [6.45, 7) is 2.27. The highest BCUT2D eigenvalue weighted by atomic mass is 35.5. The van der Waals surface area contributed by atoms with Crippen molar-refractivity contribution < 1.29 is 18.3 Å². The van der Waals surface area contributed by atoms with Crippen LogP contribution < -0.4 is 4.72 Å². The van der Waals surface area contributed by atoms with Crippen molar-refractivity contribution in [2.75, 3.05) is 6.54 Å². The van der Waals surface area contributed by atoms with Crippen molar-refractivity contribution in [1.82, 2.24) is 4.72 Å². The zero-order valence-electron chi connectivity index (χ0n) is 11.9. The fraction of sp³-hybridized carbons (Fsp3) is 0.500. The van der Waals surface area contributed by atoms with Gasteiger partial charge in [0.25, 0.3) is 0 Å². The normalized spacial score (nSPS) is 13.0. The number of carboxylic acid groups (broad SMARTS) is 1. The molecule has 0 bridgehead atoms. The molecule has 0 aliphatic carbocycles. The molecule has 21 heavy (non-hydrogen) atoms. The second-order valence-corrected chi connectivity index (χ2v) is 7.05. The number of halogens is 1. The van der Waals surface area contributed by atoms with Crippen LogP contribution in [0.3, 0.4) is 0 Å². The Bertz CT molecular complexity index is 557. The Balaban J connectivity index is 2.49. The van der Waals surface area contributed by atoms with E-state index in [1.54, 1.807) is 0 Å². The molecule has 0 spiro atoms. The second-order valence-electron chi connectivity index (χ2n) is 4.85. The number of sulfonamides is 1. The van der Waals surface area contributed by atoms with Crippen molar-refractivity contribution >= 4 is 27.6 Å². The number of nitrogens with one attached hydrogen (secondary N) is 1. The third-order valence-electron chi connectivity index (χ3n) is 3.31. The summed E-state index contributed by atoms with van der Waals surface area (Å²) in [6, 6.07) is 5.95. The van der Waals surface area contributed by atoms with Gasteiger partial charge in [0.1, 0.15) is 0 Å². The van der Waals surface area contributed by atoms with Crippen LogP contribution in [0.5, 0.6) is 0 Å². The summed E-state index contributed by atoms with van der Waals surface area (Å²) >= 11 is 5.72. The Labute approximate surface area is 130 Å². The SMILES string of the molecule is CCC(CCNS(=O)(=O)c1ccc(Cl)cc1)CCC(=O)O. The third-order valence-corrected chi connectivity index (χ3v) is 5.04. The van der Waals surface area contributed by atoms with Crippen LogP contribution >= 0.6 is 11.6 Å². The molecule has 0 fully saturated rings. The minimum absolute atomic E-state index is 0.114. The molecule has 0 amide bonds. The summed E-state index contributed by atoms with van der Waals surface area (Å²) in [7, 11) is -3.54. The Morgan fingerprint density at radius 3 is 2.43 bits per heavy atom. The molecule has 0 radical (unpaired) electrons. The summed E-state index contributed by atoms with van der Waals surface area (Å²) in [6.07, 6.45) is 2.13. The summed E-state index contributed by atoms with van der Waals surface area (Å²) < 4.78 is 26.6. The molecule has 1 rings (SSSR count). The smallest absolute Gasteiger partial charge is 0.303 e. The first-order chi connectivity index (χ1) is 9.85. The molecule has 0 aliphatic rings. The van der Waals surface area contributed by atoms with E-state index in [0.717, 1.165) is 6.42 Å². The van der Waals surface area contributed by atoms with Crippen LogP contribution in [0.15, 0.2) is 29.2 Å². The van der Waals surface area contributed by atoms with Gasteiger partial charge in [-0.05, 0) is 43.0 Å². The molecule has 7 heteroatoms. The van der Waals surface area contributed by atoms with Crippen LogP contribution in [0.25, 0.3) is 0 Å². The molecule has 0 aromatic heterocycles. The average Bonchev–Trinajstić information content (AvgIpc) is 2.42. The van der Waals surface area contributed by atoms with Crippen molar-refractivity contribution in [3.63, 3.8) is 0 Å².